The summed E-state index contributed by atoms with van der Waals surface area (Å²) in [6.45, 7) is 0. The van der Waals surface area contributed by atoms with Gasteiger partial charge in [-0.1, -0.05) is 108 Å². The van der Waals surface area contributed by atoms with E-state index >= 15 is 0 Å². The van der Waals surface area contributed by atoms with Gasteiger partial charge in [0.15, 0.2) is 0 Å². The maximum Gasteiger partial charge on any atom is 0.0774 e. The fourth-order valence-electron chi connectivity index (χ4n) is 3.21. The Kier molecular flexibility index (Phi) is 6.44. The normalized spacial score (nSPS) is 12.1. The fourth-order valence-corrected chi connectivity index (χ4v) is 3.46. The zero-order chi connectivity index (χ0) is 20.8. The van der Waals surface area contributed by atoms with Crippen LogP contribution in [0, 0.1) is 0 Å². The van der Waals surface area contributed by atoms with Crippen molar-refractivity contribution in [2.45, 2.75) is 0 Å². The quantitative estimate of drug-likeness (QED) is 0.286. The molecule has 0 heterocycles. The van der Waals surface area contributed by atoms with Gasteiger partial charge in [-0.05, 0) is 35.4 Å². The lowest BCUT2D eigenvalue weighted by molar-refractivity contribution is 1.46. The van der Waals surface area contributed by atoms with Crippen LogP contribution in [-0.4, -0.2) is 5.71 Å². The summed E-state index contributed by atoms with van der Waals surface area (Å²) >= 11 is 12.2. The van der Waals surface area contributed by atoms with Gasteiger partial charge in [0.05, 0.1) is 5.71 Å². The minimum absolute atomic E-state index is 0.702. The molecule has 30 heavy (non-hydrogen) atoms. The van der Waals surface area contributed by atoms with Crippen molar-refractivity contribution in [2.75, 3.05) is 0 Å². The molecule has 0 radical (unpaired) electrons. The van der Waals surface area contributed by atoms with E-state index in [1.807, 2.05) is 91.1 Å². The van der Waals surface area contributed by atoms with Gasteiger partial charge in [0.2, 0.25) is 0 Å². The Morgan fingerprint density at radius 1 is 0.500 bits per heavy atom. The molecule has 146 valence electrons. The van der Waals surface area contributed by atoms with E-state index in [0.717, 1.165) is 33.5 Å². The van der Waals surface area contributed by atoms with Crippen molar-refractivity contribution in [1.29, 1.82) is 0 Å². The highest BCUT2D eigenvalue weighted by molar-refractivity contribution is 6.31. The highest BCUT2D eigenvalue weighted by Gasteiger charge is 2.08. The topological polar surface area (TPSA) is 12.4 Å². The molecular formula is C27H19Cl2N. The molecule has 0 N–H and O–H groups in total. The molecule has 0 bridgehead atoms. The molecule has 0 saturated heterocycles. The van der Waals surface area contributed by atoms with Crippen LogP contribution in [0.2, 0.25) is 10.0 Å². The van der Waals surface area contributed by atoms with Crippen LogP contribution in [0.3, 0.4) is 0 Å². The van der Waals surface area contributed by atoms with Crippen LogP contribution in [0.15, 0.2) is 120 Å². The number of halogens is 2. The highest BCUT2D eigenvalue weighted by atomic mass is 35.5. The van der Waals surface area contributed by atoms with Crippen molar-refractivity contribution in [3.63, 3.8) is 0 Å². The average Bonchev–Trinajstić information content (AvgIpc) is 2.80. The van der Waals surface area contributed by atoms with Gasteiger partial charge >= 0.3 is 0 Å². The summed E-state index contributed by atoms with van der Waals surface area (Å²) in [5.41, 5.74) is 6.10. The smallest absolute Gasteiger partial charge is 0.0774 e. The Bertz CT molecular complexity index is 1060. The van der Waals surface area contributed by atoms with Crippen LogP contribution in [0.4, 0.5) is 0 Å². The average molecular weight is 428 g/mol. The van der Waals surface area contributed by atoms with Gasteiger partial charge in [-0.2, -0.15) is 0 Å². The summed E-state index contributed by atoms with van der Waals surface area (Å²) < 4.78 is 0. The van der Waals surface area contributed by atoms with E-state index in [0.29, 0.717) is 10.0 Å². The van der Waals surface area contributed by atoms with Crippen LogP contribution in [-0.2, 0) is 0 Å². The zero-order valence-corrected chi connectivity index (χ0v) is 17.7. The number of hydrogen-bond acceptors (Lipinski definition) is 1. The van der Waals surface area contributed by atoms with Crippen LogP contribution < -0.4 is 0 Å². The molecule has 4 aromatic carbocycles. The summed E-state index contributed by atoms with van der Waals surface area (Å²) in [5.74, 6) is 0. The van der Waals surface area contributed by atoms with Crippen molar-refractivity contribution in [1.82, 2.24) is 0 Å². The number of aliphatic imine (C=N–C) groups is 1. The highest BCUT2D eigenvalue weighted by Crippen LogP contribution is 2.25. The second-order valence-electron chi connectivity index (χ2n) is 6.77. The Labute approximate surface area is 187 Å². The fraction of sp³-hybridized carbons (Fsp3) is 0. The third-order valence-electron chi connectivity index (χ3n) is 4.73. The molecule has 1 nitrogen and oxygen atoms in total. The Morgan fingerprint density at radius 3 is 1.43 bits per heavy atom. The number of nitrogens with zero attached hydrogens (tertiary/aromatic N) is 1. The summed E-state index contributed by atoms with van der Waals surface area (Å²) in [4.78, 5) is 4.95. The first-order valence-electron chi connectivity index (χ1n) is 9.61. The van der Waals surface area contributed by atoms with Crippen molar-refractivity contribution < 1.29 is 0 Å². The third-order valence-corrected chi connectivity index (χ3v) is 5.23. The standard InChI is InChI=1S/C27H19Cl2N/c28-24-15-11-21(12-16-24)26(20-7-3-1-4-8-20)19-30-27(22-9-5-2-6-10-22)23-13-17-25(29)18-14-23/h1-19H. The molecule has 0 saturated carbocycles. The van der Waals surface area contributed by atoms with Crippen LogP contribution in [0.25, 0.3) is 5.57 Å². The molecule has 0 aliphatic heterocycles. The van der Waals surface area contributed by atoms with Gasteiger partial charge in [-0.25, -0.2) is 0 Å². The Balaban J connectivity index is 1.87. The lowest BCUT2D eigenvalue weighted by Gasteiger charge is -2.10. The first-order chi connectivity index (χ1) is 14.7. The molecule has 4 rings (SSSR count). The number of benzene rings is 4. The van der Waals surface area contributed by atoms with Gasteiger partial charge < -0.3 is 0 Å². The molecule has 0 aliphatic rings. The van der Waals surface area contributed by atoms with Gasteiger partial charge in [0.1, 0.15) is 0 Å². The van der Waals surface area contributed by atoms with Crippen LogP contribution in [0.5, 0.6) is 0 Å². The van der Waals surface area contributed by atoms with E-state index in [1.54, 1.807) is 0 Å². The monoisotopic (exact) mass is 427 g/mol. The molecule has 0 amide bonds. The summed E-state index contributed by atoms with van der Waals surface area (Å²) in [6, 6.07) is 36.0. The molecule has 0 atom stereocenters. The second kappa shape index (κ2) is 9.58. The van der Waals surface area contributed by atoms with E-state index in [2.05, 4.69) is 24.3 Å². The molecule has 0 aliphatic carbocycles. The van der Waals surface area contributed by atoms with E-state index in [9.17, 15) is 0 Å². The number of rotatable bonds is 5. The zero-order valence-electron chi connectivity index (χ0n) is 16.2. The van der Waals surface area contributed by atoms with E-state index in [1.165, 1.54) is 0 Å². The molecular weight excluding hydrogens is 409 g/mol. The predicted molar refractivity (Wildman–Crippen MR) is 129 cm³/mol. The van der Waals surface area contributed by atoms with Gasteiger partial charge in [0.25, 0.3) is 0 Å². The Morgan fingerprint density at radius 2 is 0.900 bits per heavy atom. The lowest BCUT2D eigenvalue weighted by Crippen LogP contribution is -2.02. The molecule has 0 fully saturated rings. The minimum Gasteiger partial charge on any atom is -0.255 e. The predicted octanol–water partition coefficient (Wildman–Crippen LogP) is 7.92. The summed E-state index contributed by atoms with van der Waals surface area (Å²) in [6.07, 6.45) is 1.93. The Hall–Kier alpha value is -3.13. The van der Waals surface area contributed by atoms with Crippen molar-refractivity contribution in [2.24, 2.45) is 4.99 Å². The first-order valence-corrected chi connectivity index (χ1v) is 10.4. The summed E-state index contributed by atoms with van der Waals surface area (Å²) in [7, 11) is 0. The first kappa shape index (κ1) is 20.2. The second-order valence-corrected chi connectivity index (χ2v) is 7.64. The van der Waals surface area contributed by atoms with Gasteiger partial charge in [-0.15, -0.1) is 0 Å². The van der Waals surface area contributed by atoms with E-state index in [-0.39, 0.29) is 0 Å². The van der Waals surface area contributed by atoms with Crippen molar-refractivity contribution in [3.05, 3.63) is 148 Å². The maximum atomic E-state index is 6.10. The van der Waals surface area contributed by atoms with E-state index < -0.39 is 0 Å². The lowest BCUT2D eigenvalue weighted by atomic mass is 9.98. The molecule has 0 aromatic heterocycles. The largest absolute Gasteiger partial charge is 0.255 e. The van der Waals surface area contributed by atoms with Crippen LogP contribution >= 0.6 is 23.2 Å². The third kappa shape index (κ3) is 4.88. The van der Waals surface area contributed by atoms with Gasteiger partial charge in [0, 0.05) is 32.9 Å². The van der Waals surface area contributed by atoms with E-state index in [4.69, 9.17) is 28.2 Å². The SMILES string of the molecule is Clc1ccc(C(=CN=C(c2ccccc2)c2ccc(Cl)cc2)c2ccccc2)cc1. The van der Waals surface area contributed by atoms with Crippen LogP contribution in [0.1, 0.15) is 22.3 Å². The van der Waals surface area contributed by atoms with Crippen molar-refractivity contribution >= 4 is 34.5 Å². The summed E-state index contributed by atoms with van der Waals surface area (Å²) in [5, 5.41) is 1.41. The van der Waals surface area contributed by atoms with Crippen molar-refractivity contribution in [3.8, 4) is 0 Å². The molecule has 0 unspecified atom stereocenters. The maximum absolute atomic E-state index is 6.10. The molecule has 4 aromatic rings. The molecule has 3 heteroatoms. The van der Waals surface area contributed by atoms with Gasteiger partial charge in [-0.3, -0.25) is 4.99 Å². The molecule has 0 spiro atoms. The minimum atomic E-state index is 0.702. The number of hydrogen-bond donors (Lipinski definition) is 0.